The molecule has 37 heavy (non-hydrogen) atoms. The molecule has 0 bridgehead atoms. The number of carbonyl (C=O) groups excluding carboxylic acids is 2. The molecule has 0 aliphatic rings. The van der Waals surface area contributed by atoms with Gasteiger partial charge in [0, 0.05) is 17.6 Å². The monoisotopic (exact) mass is 625 g/mol. The summed E-state index contributed by atoms with van der Waals surface area (Å²) < 4.78 is 66.6. The molecule has 0 saturated carbocycles. The predicted molar refractivity (Wildman–Crippen MR) is 141 cm³/mol. The molecule has 1 N–H and O–H groups in total. The highest BCUT2D eigenvalue weighted by molar-refractivity contribution is 9.10. The maximum Gasteiger partial charge on any atom is 0.417 e. The zero-order chi connectivity index (χ0) is 28.0. The number of hydrogen-bond donors (Lipinski definition) is 1. The number of hydrogen-bond acceptors (Lipinski definition) is 4. The minimum atomic E-state index is -4.84. The van der Waals surface area contributed by atoms with Crippen molar-refractivity contribution in [1.29, 1.82) is 0 Å². The Morgan fingerprint density at radius 2 is 1.84 bits per heavy atom. The average molecular weight is 627 g/mol. The van der Waals surface area contributed by atoms with E-state index >= 15 is 0 Å². The number of amides is 2. The lowest BCUT2D eigenvalue weighted by molar-refractivity contribution is -0.139. The van der Waals surface area contributed by atoms with E-state index in [1.54, 1.807) is 24.3 Å². The Morgan fingerprint density at radius 1 is 1.16 bits per heavy atom. The van der Waals surface area contributed by atoms with E-state index < -0.39 is 51.2 Å². The molecule has 0 aromatic heterocycles. The summed E-state index contributed by atoms with van der Waals surface area (Å²) in [5, 5.41) is 2.14. The van der Waals surface area contributed by atoms with Gasteiger partial charge in [-0.25, -0.2) is 8.42 Å². The van der Waals surface area contributed by atoms with Crippen molar-refractivity contribution in [3.63, 3.8) is 0 Å². The van der Waals surface area contributed by atoms with Gasteiger partial charge in [-0.15, -0.1) is 0 Å². The zero-order valence-corrected chi connectivity index (χ0v) is 23.6. The predicted octanol–water partition coefficient (Wildman–Crippen LogP) is 5.22. The van der Waals surface area contributed by atoms with Gasteiger partial charge in [0.2, 0.25) is 21.8 Å². The number of halogens is 5. The molecule has 2 rings (SSSR count). The summed E-state index contributed by atoms with van der Waals surface area (Å²) in [6.45, 7) is 3.01. The summed E-state index contributed by atoms with van der Waals surface area (Å²) in [4.78, 5) is 27.4. The SMILES string of the molecule is CCCCNC(=O)C(C)N(Cc1cccc(Br)c1)C(=O)CN(c1ccc(Cl)c(C(F)(F)F)c1)S(C)(=O)=O. The van der Waals surface area contributed by atoms with Gasteiger partial charge in [-0.05, 0) is 49.2 Å². The van der Waals surface area contributed by atoms with Crippen molar-refractivity contribution in [3.8, 4) is 0 Å². The molecule has 2 amide bonds. The van der Waals surface area contributed by atoms with Gasteiger partial charge in [0.15, 0.2) is 0 Å². The van der Waals surface area contributed by atoms with Gasteiger partial charge >= 0.3 is 6.18 Å². The van der Waals surface area contributed by atoms with Crippen LogP contribution in [0.15, 0.2) is 46.9 Å². The molecule has 0 saturated heterocycles. The molecule has 13 heteroatoms. The molecule has 2 aromatic carbocycles. The van der Waals surface area contributed by atoms with Crippen LogP contribution in [0.2, 0.25) is 5.02 Å². The van der Waals surface area contributed by atoms with Crippen molar-refractivity contribution in [3.05, 3.63) is 63.1 Å². The number of sulfonamides is 1. The largest absolute Gasteiger partial charge is 0.417 e. The summed E-state index contributed by atoms with van der Waals surface area (Å²) in [6.07, 6.45) is -2.47. The number of carbonyl (C=O) groups is 2. The average Bonchev–Trinajstić information content (AvgIpc) is 2.79. The Hall–Kier alpha value is -2.31. The lowest BCUT2D eigenvalue weighted by Crippen LogP contribution is -2.51. The number of anilines is 1. The van der Waals surface area contributed by atoms with Gasteiger partial charge in [-0.3, -0.25) is 13.9 Å². The Balaban J connectivity index is 2.44. The molecule has 0 heterocycles. The molecule has 0 aliphatic heterocycles. The molecule has 0 radical (unpaired) electrons. The van der Waals surface area contributed by atoms with Crippen LogP contribution in [0, 0.1) is 0 Å². The molecular formula is C24H28BrClF3N3O4S. The summed E-state index contributed by atoms with van der Waals surface area (Å²) in [6, 6.07) is 8.60. The molecule has 7 nitrogen and oxygen atoms in total. The first-order valence-electron chi connectivity index (χ1n) is 11.3. The minimum absolute atomic E-state index is 0.0351. The van der Waals surface area contributed by atoms with Crippen LogP contribution in [0.3, 0.4) is 0 Å². The lowest BCUT2D eigenvalue weighted by Gasteiger charge is -2.31. The Kier molecular flexibility index (Phi) is 10.8. The normalized spacial score (nSPS) is 12.6. The van der Waals surface area contributed by atoms with Crippen LogP contribution in [-0.2, 0) is 32.3 Å². The van der Waals surface area contributed by atoms with E-state index in [-0.39, 0.29) is 12.2 Å². The fourth-order valence-electron chi connectivity index (χ4n) is 3.45. The van der Waals surface area contributed by atoms with Gasteiger partial charge in [-0.2, -0.15) is 13.2 Å². The molecule has 0 spiro atoms. The van der Waals surface area contributed by atoms with E-state index in [0.717, 1.165) is 35.7 Å². The molecular weight excluding hydrogens is 599 g/mol. The second-order valence-electron chi connectivity index (χ2n) is 8.40. The first kappa shape index (κ1) is 30.9. The summed E-state index contributed by atoms with van der Waals surface area (Å²) in [5.41, 5.74) is -0.954. The van der Waals surface area contributed by atoms with Crippen molar-refractivity contribution in [2.75, 3.05) is 23.7 Å². The maximum atomic E-state index is 13.5. The third kappa shape index (κ3) is 8.89. The zero-order valence-electron chi connectivity index (χ0n) is 20.5. The number of benzene rings is 2. The highest BCUT2D eigenvalue weighted by atomic mass is 79.9. The summed E-state index contributed by atoms with van der Waals surface area (Å²) in [5.74, 6) is -1.21. The van der Waals surface area contributed by atoms with Gasteiger partial charge < -0.3 is 10.2 Å². The van der Waals surface area contributed by atoms with Crippen LogP contribution in [-0.4, -0.2) is 50.5 Å². The molecule has 0 aliphatic carbocycles. The molecule has 0 fully saturated rings. The summed E-state index contributed by atoms with van der Waals surface area (Å²) in [7, 11) is -4.20. The van der Waals surface area contributed by atoms with E-state index in [2.05, 4.69) is 21.2 Å². The van der Waals surface area contributed by atoms with Crippen LogP contribution in [0.5, 0.6) is 0 Å². The number of nitrogens with one attached hydrogen (secondary N) is 1. The third-order valence-electron chi connectivity index (χ3n) is 5.46. The number of alkyl halides is 3. The standard InChI is InChI=1S/C24H28BrClF3N3O4S/c1-4-5-11-30-23(34)16(2)31(14-17-7-6-8-18(25)12-17)22(33)15-32(37(3,35)36)19-9-10-21(26)20(13-19)24(27,28)29/h6-10,12-13,16H,4-5,11,14-15H2,1-3H3,(H,30,34). The molecule has 204 valence electrons. The second kappa shape index (κ2) is 13.0. The third-order valence-corrected chi connectivity index (χ3v) is 7.42. The van der Waals surface area contributed by atoms with Gasteiger partial charge in [-0.1, -0.05) is 53.0 Å². The summed E-state index contributed by atoms with van der Waals surface area (Å²) >= 11 is 9.03. The van der Waals surface area contributed by atoms with Gasteiger partial charge in [0.25, 0.3) is 0 Å². The first-order valence-corrected chi connectivity index (χ1v) is 14.3. The fraction of sp³-hybridized carbons (Fsp3) is 0.417. The van der Waals surface area contributed by atoms with Crippen LogP contribution in [0.25, 0.3) is 0 Å². The maximum absolute atomic E-state index is 13.5. The van der Waals surface area contributed by atoms with Crippen LogP contribution < -0.4 is 9.62 Å². The van der Waals surface area contributed by atoms with Crippen LogP contribution in [0.4, 0.5) is 18.9 Å². The minimum Gasteiger partial charge on any atom is -0.354 e. The quantitative estimate of drug-likeness (QED) is 0.347. The van der Waals surface area contributed by atoms with E-state index in [1.807, 2.05) is 6.92 Å². The van der Waals surface area contributed by atoms with Crippen molar-refractivity contribution >= 4 is 55.1 Å². The number of rotatable bonds is 11. The van der Waals surface area contributed by atoms with Crippen molar-refractivity contribution in [1.82, 2.24) is 10.2 Å². The Labute approximate surface area is 228 Å². The molecule has 1 unspecified atom stereocenters. The Bertz CT molecular complexity index is 1230. The second-order valence-corrected chi connectivity index (χ2v) is 11.6. The number of nitrogens with zero attached hydrogens (tertiary/aromatic N) is 2. The van der Waals surface area contributed by atoms with E-state index in [4.69, 9.17) is 11.6 Å². The van der Waals surface area contributed by atoms with Crippen molar-refractivity contribution in [2.24, 2.45) is 0 Å². The van der Waals surface area contributed by atoms with Gasteiger partial charge in [0.05, 0.1) is 22.5 Å². The van der Waals surface area contributed by atoms with E-state index in [0.29, 0.717) is 22.5 Å². The van der Waals surface area contributed by atoms with E-state index in [9.17, 15) is 31.2 Å². The highest BCUT2D eigenvalue weighted by Gasteiger charge is 2.35. The first-order chi connectivity index (χ1) is 17.1. The van der Waals surface area contributed by atoms with Crippen molar-refractivity contribution in [2.45, 2.75) is 45.5 Å². The highest BCUT2D eigenvalue weighted by Crippen LogP contribution is 2.37. The van der Waals surface area contributed by atoms with Crippen LogP contribution >= 0.6 is 27.5 Å². The molecule has 2 aromatic rings. The lowest BCUT2D eigenvalue weighted by atomic mass is 10.1. The topological polar surface area (TPSA) is 86.8 Å². The van der Waals surface area contributed by atoms with Crippen molar-refractivity contribution < 1.29 is 31.2 Å². The Morgan fingerprint density at radius 3 is 2.41 bits per heavy atom. The van der Waals surface area contributed by atoms with Gasteiger partial charge in [0.1, 0.15) is 12.6 Å². The number of unbranched alkanes of at least 4 members (excludes halogenated alkanes) is 1. The smallest absolute Gasteiger partial charge is 0.354 e. The fourth-order valence-corrected chi connectivity index (χ4v) is 4.96. The van der Waals surface area contributed by atoms with E-state index in [1.165, 1.54) is 11.8 Å². The van der Waals surface area contributed by atoms with Crippen LogP contribution in [0.1, 0.15) is 37.8 Å². The molecule has 1 atom stereocenters.